The summed E-state index contributed by atoms with van der Waals surface area (Å²) >= 11 is 0. The van der Waals surface area contributed by atoms with Crippen LogP contribution in [0.3, 0.4) is 0 Å². The molecule has 2 atom stereocenters. The van der Waals surface area contributed by atoms with Gasteiger partial charge in [-0.2, -0.15) is 0 Å². The van der Waals surface area contributed by atoms with Crippen molar-refractivity contribution in [2.75, 3.05) is 24.7 Å². The summed E-state index contributed by atoms with van der Waals surface area (Å²) in [6.45, 7) is 2.11. The van der Waals surface area contributed by atoms with Crippen molar-refractivity contribution in [3.05, 3.63) is 29.8 Å². The van der Waals surface area contributed by atoms with Crippen molar-refractivity contribution < 1.29 is 14.6 Å². The van der Waals surface area contributed by atoms with Crippen molar-refractivity contribution in [1.82, 2.24) is 0 Å². The Bertz CT molecular complexity index is 454. The molecule has 2 heterocycles. The first kappa shape index (κ1) is 11.5. The molecule has 0 bridgehead atoms. The van der Waals surface area contributed by atoms with Gasteiger partial charge in [0.2, 0.25) is 0 Å². The van der Waals surface area contributed by atoms with Gasteiger partial charge >= 0.3 is 5.97 Å². The fraction of sp³-hybridized carbons (Fsp3) is 0.500. The van der Waals surface area contributed by atoms with E-state index in [-0.39, 0.29) is 0 Å². The standard InChI is InChI=1S/C14H17NO3/c16-14(17)12-8-15(10-4-3-7-18-9-10)13-6-2-1-5-11(12)13/h1-2,5-6,10,12H,3-4,7-9H2,(H,16,17). The maximum absolute atomic E-state index is 11.3. The van der Waals surface area contributed by atoms with Gasteiger partial charge in [-0.1, -0.05) is 18.2 Å². The normalized spacial score (nSPS) is 27.0. The van der Waals surface area contributed by atoms with Crippen molar-refractivity contribution >= 4 is 11.7 Å². The summed E-state index contributed by atoms with van der Waals surface area (Å²) < 4.78 is 5.52. The van der Waals surface area contributed by atoms with Crippen molar-refractivity contribution in [2.24, 2.45) is 0 Å². The van der Waals surface area contributed by atoms with Crippen LogP contribution in [-0.2, 0) is 9.53 Å². The number of hydrogen-bond acceptors (Lipinski definition) is 3. The van der Waals surface area contributed by atoms with E-state index in [1.165, 1.54) is 0 Å². The molecule has 0 aromatic heterocycles. The smallest absolute Gasteiger partial charge is 0.312 e. The van der Waals surface area contributed by atoms with Gasteiger partial charge in [-0.3, -0.25) is 4.79 Å². The van der Waals surface area contributed by atoms with Crippen LogP contribution in [0.5, 0.6) is 0 Å². The molecule has 1 saturated heterocycles. The molecule has 1 fully saturated rings. The zero-order chi connectivity index (χ0) is 12.5. The number of carboxylic acids is 1. The van der Waals surface area contributed by atoms with Crippen LogP contribution in [0.4, 0.5) is 5.69 Å². The summed E-state index contributed by atoms with van der Waals surface area (Å²) in [6, 6.07) is 8.16. The molecule has 3 rings (SSSR count). The Morgan fingerprint density at radius 1 is 1.39 bits per heavy atom. The van der Waals surface area contributed by atoms with Crippen LogP contribution in [0.25, 0.3) is 0 Å². The Hall–Kier alpha value is -1.55. The lowest BCUT2D eigenvalue weighted by Crippen LogP contribution is -2.41. The van der Waals surface area contributed by atoms with Gasteiger partial charge in [0.05, 0.1) is 12.6 Å². The minimum absolute atomic E-state index is 0.323. The molecule has 18 heavy (non-hydrogen) atoms. The first-order chi connectivity index (χ1) is 8.77. The second kappa shape index (κ2) is 4.61. The molecule has 2 aliphatic heterocycles. The van der Waals surface area contributed by atoms with Crippen molar-refractivity contribution in [1.29, 1.82) is 0 Å². The maximum atomic E-state index is 11.3. The second-order valence-electron chi connectivity index (χ2n) is 4.97. The lowest BCUT2D eigenvalue weighted by Gasteiger charge is -2.33. The number of para-hydroxylation sites is 1. The molecule has 1 aromatic carbocycles. The van der Waals surface area contributed by atoms with Crippen molar-refractivity contribution in [3.63, 3.8) is 0 Å². The van der Waals surface area contributed by atoms with Crippen LogP contribution in [0.2, 0.25) is 0 Å². The summed E-state index contributed by atoms with van der Waals surface area (Å²) in [5, 5.41) is 9.32. The topological polar surface area (TPSA) is 49.8 Å². The molecule has 2 unspecified atom stereocenters. The van der Waals surface area contributed by atoms with E-state index >= 15 is 0 Å². The van der Waals surface area contributed by atoms with E-state index in [4.69, 9.17) is 4.74 Å². The van der Waals surface area contributed by atoms with Gasteiger partial charge in [0.15, 0.2) is 0 Å². The molecule has 2 aliphatic rings. The van der Waals surface area contributed by atoms with Crippen molar-refractivity contribution in [3.8, 4) is 0 Å². The molecule has 4 heteroatoms. The van der Waals surface area contributed by atoms with E-state index in [0.717, 1.165) is 30.7 Å². The molecular formula is C14H17NO3. The fourth-order valence-electron chi connectivity index (χ4n) is 2.96. The molecule has 0 aliphatic carbocycles. The quantitative estimate of drug-likeness (QED) is 0.866. The number of carbonyl (C=O) groups is 1. The van der Waals surface area contributed by atoms with Gasteiger partial charge < -0.3 is 14.7 Å². The number of carboxylic acid groups (broad SMARTS) is 1. The summed E-state index contributed by atoms with van der Waals surface area (Å²) in [5.41, 5.74) is 2.01. The van der Waals surface area contributed by atoms with E-state index in [2.05, 4.69) is 4.90 Å². The highest BCUT2D eigenvalue weighted by Crippen LogP contribution is 2.38. The van der Waals surface area contributed by atoms with Gasteiger partial charge in [0, 0.05) is 18.8 Å². The fourth-order valence-corrected chi connectivity index (χ4v) is 2.96. The van der Waals surface area contributed by atoms with E-state index in [1.807, 2.05) is 24.3 Å². The number of fused-ring (bicyclic) bond motifs is 1. The average Bonchev–Trinajstić information content (AvgIpc) is 2.79. The Labute approximate surface area is 106 Å². The van der Waals surface area contributed by atoms with Crippen molar-refractivity contribution in [2.45, 2.75) is 24.8 Å². The number of benzene rings is 1. The molecule has 1 aromatic rings. The highest BCUT2D eigenvalue weighted by atomic mass is 16.5. The number of rotatable bonds is 2. The summed E-state index contributed by atoms with van der Waals surface area (Å²) in [7, 11) is 0. The van der Waals surface area contributed by atoms with Gasteiger partial charge in [-0.15, -0.1) is 0 Å². The number of anilines is 1. The SMILES string of the molecule is O=C(O)C1CN(C2CCCOC2)c2ccccc21. The van der Waals surface area contributed by atoms with Crippen LogP contribution in [0, 0.1) is 0 Å². The van der Waals surface area contributed by atoms with E-state index in [0.29, 0.717) is 19.2 Å². The number of ether oxygens (including phenoxy) is 1. The zero-order valence-electron chi connectivity index (χ0n) is 10.2. The lowest BCUT2D eigenvalue weighted by atomic mass is 10.0. The molecular weight excluding hydrogens is 230 g/mol. The highest BCUT2D eigenvalue weighted by Gasteiger charge is 2.36. The second-order valence-corrected chi connectivity index (χ2v) is 4.97. The van der Waals surface area contributed by atoms with Crippen LogP contribution >= 0.6 is 0 Å². The molecule has 1 N–H and O–H groups in total. The number of aliphatic carboxylic acids is 1. The van der Waals surface area contributed by atoms with Gasteiger partial charge in [0.25, 0.3) is 0 Å². The highest BCUT2D eigenvalue weighted by molar-refractivity contribution is 5.83. The third-order valence-corrected chi connectivity index (χ3v) is 3.88. The molecule has 0 saturated carbocycles. The van der Waals surface area contributed by atoms with E-state index < -0.39 is 11.9 Å². The maximum Gasteiger partial charge on any atom is 0.312 e. The Morgan fingerprint density at radius 2 is 2.22 bits per heavy atom. The predicted molar refractivity (Wildman–Crippen MR) is 68.0 cm³/mol. The third kappa shape index (κ3) is 1.86. The Kier molecular flexibility index (Phi) is 2.96. The Morgan fingerprint density at radius 3 is 2.94 bits per heavy atom. The number of hydrogen-bond donors (Lipinski definition) is 1. The van der Waals surface area contributed by atoms with Gasteiger partial charge in [0.1, 0.15) is 5.92 Å². The first-order valence-corrected chi connectivity index (χ1v) is 6.43. The minimum atomic E-state index is -0.735. The van der Waals surface area contributed by atoms with Crippen LogP contribution in [-0.4, -0.2) is 36.9 Å². The first-order valence-electron chi connectivity index (χ1n) is 6.43. The minimum Gasteiger partial charge on any atom is -0.481 e. The zero-order valence-corrected chi connectivity index (χ0v) is 10.2. The van der Waals surface area contributed by atoms with Crippen LogP contribution < -0.4 is 4.90 Å². The van der Waals surface area contributed by atoms with E-state index in [9.17, 15) is 9.90 Å². The summed E-state index contributed by atoms with van der Waals surface area (Å²) in [6.07, 6.45) is 2.14. The largest absolute Gasteiger partial charge is 0.481 e. The lowest BCUT2D eigenvalue weighted by molar-refractivity contribution is -0.138. The molecule has 0 radical (unpaired) electrons. The molecule has 4 nitrogen and oxygen atoms in total. The van der Waals surface area contributed by atoms with Gasteiger partial charge in [-0.05, 0) is 24.5 Å². The summed E-state index contributed by atoms with van der Waals surface area (Å²) in [5.74, 6) is -1.13. The predicted octanol–water partition coefficient (Wildman–Crippen LogP) is 1.85. The van der Waals surface area contributed by atoms with Crippen LogP contribution in [0.1, 0.15) is 24.3 Å². The monoisotopic (exact) mass is 247 g/mol. The molecule has 0 amide bonds. The van der Waals surface area contributed by atoms with E-state index in [1.54, 1.807) is 0 Å². The Balaban J connectivity index is 1.91. The number of nitrogens with zero attached hydrogens (tertiary/aromatic N) is 1. The average molecular weight is 247 g/mol. The summed E-state index contributed by atoms with van der Waals surface area (Å²) in [4.78, 5) is 13.6. The third-order valence-electron chi connectivity index (χ3n) is 3.88. The van der Waals surface area contributed by atoms with Gasteiger partial charge in [-0.25, -0.2) is 0 Å². The molecule has 96 valence electrons. The van der Waals surface area contributed by atoms with Crippen LogP contribution in [0.15, 0.2) is 24.3 Å². The molecule has 0 spiro atoms.